The van der Waals surface area contributed by atoms with E-state index in [0.717, 1.165) is 21.3 Å². The molecule has 0 aliphatic carbocycles. The molecule has 1 aliphatic heterocycles. The Hall–Kier alpha value is -5.25. The second-order valence-corrected chi connectivity index (χ2v) is 10.6. The predicted molar refractivity (Wildman–Crippen MR) is 166 cm³/mol. The number of aromatic nitrogens is 2. The number of alkyl halides is 1. The summed E-state index contributed by atoms with van der Waals surface area (Å²) in [5, 5.41) is 2.58. The number of nitrogens with one attached hydrogen (secondary N) is 1. The molecular weight excluding hydrogens is 573 g/mol. The number of carbonyl (C=O) groups excluding carboxylic acids is 2. The van der Waals surface area contributed by atoms with Gasteiger partial charge in [-0.15, -0.1) is 0 Å². The van der Waals surface area contributed by atoms with Gasteiger partial charge in [0.15, 0.2) is 12.0 Å². The number of anilines is 1. The van der Waals surface area contributed by atoms with Crippen LogP contribution in [0.1, 0.15) is 39.7 Å². The van der Waals surface area contributed by atoms with Gasteiger partial charge in [-0.25, -0.2) is 9.18 Å². The molecule has 1 aromatic heterocycles. The number of Topliss-reactive ketones (excluding diaryl/α,β-unsaturated/α-hetero) is 1. The van der Waals surface area contributed by atoms with E-state index in [9.17, 15) is 14.4 Å². The standard InChI is InChI=1S/C36H30FN3O5/c37-29-23-32(40-22-21-31(39-35(40)43)38-34(42)25-13-5-1-6-14-25)45-30(33(29)41)24-44-36(26-15-7-2-8-16-26,27-17-9-3-10-18-27)28-19-11-4-12-20-28/h1-22,29-30,32H,23-24H2,(H,38,39,42,43)/t29-,30-,32-/m1/s1. The molecule has 9 heteroatoms. The zero-order chi connectivity index (χ0) is 31.2. The molecule has 8 nitrogen and oxygen atoms in total. The number of amides is 1. The number of nitrogens with zero attached hydrogens (tertiary/aromatic N) is 2. The van der Waals surface area contributed by atoms with Crippen LogP contribution in [-0.2, 0) is 19.9 Å². The van der Waals surface area contributed by atoms with Crippen LogP contribution in [0.3, 0.4) is 0 Å². The number of halogens is 1. The van der Waals surface area contributed by atoms with E-state index in [1.165, 1.54) is 12.3 Å². The quantitative estimate of drug-likeness (QED) is 0.217. The first-order valence-electron chi connectivity index (χ1n) is 14.5. The number of ether oxygens (including phenoxy) is 2. The minimum atomic E-state index is -1.89. The smallest absolute Gasteiger partial charge is 0.351 e. The molecule has 1 amide bonds. The summed E-state index contributed by atoms with van der Waals surface area (Å²) in [6.45, 7) is -0.290. The molecule has 5 aromatic rings. The summed E-state index contributed by atoms with van der Waals surface area (Å²) in [6.07, 6.45) is -3.32. The molecule has 0 spiro atoms. The molecule has 3 atom stereocenters. The molecular formula is C36H30FN3O5. The summed E-state index contributed by atoms with van der Waals surface area (Å²) >= 11 is 0. The van der Waals surface area contributed by atoms with Crippen LogP contribution in [0.2, 0.25) is 0 Å². The van der Waals surface area contributed by atoms with Gasteiger partial charge in [0, 0.05) is 18.2 Å². The number of hydrogen-bond donors (Lipinski definition) is 1. The van der Waals surface area contributed by atoms with E-state index in [2.05, 4.69) is 10.3 Å². The van der Waals surface area contributed by atoms with Crippen LogP contribution >= 0.6 is 0 Å². The molecule has 1 fully saturated rings. The van der Waals surface area contributed by atoms with Crippen molar-refractivity contribution in [1.29, 1.82) is 0 Å². The molecule has 0 saturated carbocycles. The van der Waals surface area contributed by atoms with Crippen molar-refractivity contribution >= 4 is 17.5 Å². The normalized spacial score (nSPS) is 18.3. The molecule has 6 rings (SSSR count). The lowest BCUT2D eigenvalue weighted by atomic mass is 9.80. The molecule has 0 unspecified atom stereocenters. The predicted octanol–water partition coefficient (Wildman–Crippen LogP) is 5.70. The Kier molecular flexibility index (Phi) is 8.72. The maximum absolute atomic E-state index is 15.2. The van der Waals surface area contributed by atoms with Crippen LogP contribution in [0.25, 0.3) is 0 Å². The van der Waals surface area contributed by atoms with Crippen molar-refractivity contribution in [1.82, 2.24) is 9.55 Å². The molecule has 0 bridgehead atoms. The van der Waals surface area contributed by atoms with Crippen LogP contribution in [0.4, 0.5) is 10.2 Å². The highest BCUT2D eigenvalue weighted by atomic mass is 19.1. The van der Waals surface area contributed by atoms with Crippen LogP contribution in [0.5, 0.6) is 0 Å². The minimum absolute atomic E-state index is 0.0343. The van der Waals surface area contributed by atoms with Gasteiger partial charge in [0.25, 0.3) is 5.91 Å². The highest BCUT2D eigenvalue weighted by Crippen LogP contribution is 2.41. The summed E-state index contributed by atoms with van der Waals surface area (Å²) in [4.78, 5) is 42.6. The lowest BCUT2D eigenvalue weighted by Gasteiger charge is -2.38. The van der Waals surface area contributed by atoms with Gasteiger partial charge in [-0.1, -0.05) is 109 Å². The van der Waals surface area contributed by atoms with Crippen molar-refractivity contribution in [3.63, 3.8) is 0 Å². The fourth-order valence-electron chi connectivity index (χ4n) is 5.56. The highest BCUT2D eigenvalue weighted by Gasteiger charge is 2.43. The van der Waals surface area contributed by atoms with Gasteiger partial charge in [-0.3, -0.25) is 14.2 Å². The van der Waals surface area contributed by atoms with Crippen molar-refractivity contribution in [2.45, 2.75) is 30.5 Å². The number of carbonyl (C=O) groups is 2. The van der Waals surface area contributed by atoms with Gasteiger partial charge >= 0.3 is 5.69 Å². The number of rotatable bonds is 9. The Labute approximate surface area is 259 Å². The van der Waals surface area contributed by atoms with Gasteiger partial charge in [-0.2, -0.15) is 4.98 Å². The first kappa shape index (κ1) is 29.8. The summed E-state index contributed by atoms with van der Waals surface area (Å²) in [5.74, 6) is -1.16. The van der Waals surface area contributed by atoms with E-state index in [0.29, 0.717) is 5.56 Å². The van der Waals surface area contributed by atoms with Crippen LogP contribution < -0.4 is 11.0 Å². The monoisotopic (exact) mass is 603 g/mol. The van der Waals surface area contributed by atoms with E-state index >= 15 is 4.39 Å². The second kappa shape index (κ2) is 13.2. The molecule has 1 saturated heterocycles. The van der Waals surface area contributed by atoms with Gasteiger partial charge in [0.05, 0.1) is 6.61 Å². The molecule has 1 N–H and O–H groups in total. The van der Waals surface area contributed by atoms with Gasteiger partial charge < -0.3 is 14.8 Å². The van der Waals surface area contributed by atoms with Crippen molar-refractivity contribution in [2.75, 3.05) is 11.9 Å². The summed E-state index contributed by atoms with van der Waals surface area (Å²) in [6, 6.07) is 38.7. The fourth-order valence-corrected chi connectivity index (χ4v) is 5.56. The third-order valence-electron chi connectivity index (χ3n) is 7.77. The highest BCUT2D eigenvalue weighted by molar-refractivity contribution is 6.03. The van der Waals surface area contributed by atoms with Crippen LogP contribution in [0, 0.1) is 0 Å². The third kappa shape index (κ3) is 6.22. The zero-order valence-corrected chi connectivity index (χ0v) is 24.2. The van der Waals surface area contributed by atoms with Gasteiger partial charge in [-0.05, 0) is 34.9 Å². The first-order chi connectivity index (χ1) is 22.0. The number of ketones is 1. The number of benzene rings is 4. The van der Waals surface area contributed by atoms with Crippen molar-refractivity contribution in [3.05, 3.63) is 166 Å². The van der Waals surface area contributed by atoms with Crippen molar-refractivity contribution < 1.29 is 23.5 Å². The lowest BCUT2D eigenvalue weighted by Crippen LogP contribution is -2.47. The van der Waals surface area contributed by atoms with Crippen molar-refractivity contribution in [3.8, 4) is 0 Å². The zero-order valence-electron chi connectivity index (χ0n) is 24.2. The van der Waals surface area contributed by atoms with E-state index < -0.39 is 41.5 Å². The number of hydrogen-bond acceptors (Lipinski definition) is 6. The maximum Gasteiger partial charge on any atom is 0.351 e. The second-order valence-electron chi connectivity index (χ2n) is 10.6. The SMILES string of the molecule is O=C(Nc1ccn([C@H]2C[C@@H](F)C(=O)[C@@H](COC(c3ccccc3)(c3ccccc3)c3ccccc3)O2)c(=O)n1)c1ccccc1. The summed E-state index contributed by atoms with van der Waals surface area (Å²) in [7, 11) is 0. The molecule has 2 heterocycles. The van der Waals surface area contributed by atoms with Crippen molar-refractivity contribution in [2.24, 2.45) is 0 Å². The van der Waals surface area contributed by atoms with Crippen LogP contribution in [0.15, 0.2) is 138 Å². The molecule has 1 aliphatic rings. The van der Waals surface area contributed by atoms with E-state index in [-0.39, 0.29) is 18.8 Å². The molecule has 226 valence electrons. The third-order valence-corrected chi connectivity index (χ3v) is 7.77. The van der Waals surface area contributed by atoms with E-state index in [1.54, 1.807) is 30.3 Å². The first-order valence-corrected chi connectivity index (χ1v) is 14.5. The Morgan fingerprint density at radius 3 is 1.84 bits per heavy atom. The summed E-state index contributed by atoms with van der Waals surface area (Å²) < 4.78 is 29.1. The lowest BCUT2D eigenvalue weighted by molar-refractivity contribution is -0.173. The molecule has 4 aromatic carbocycles. The topological polar surface area (TPSA) is 99.5 Å². The largest absolute Gasteiger partial charge is 0.358 e. The fraction of sp³-hybridized carbons (Fsp3) is 0.167. The Balaban J connectivity index is 1.27. The van der Waals surface area contributed by atoms with E-state index in [1.807, 2.05) is 91.0 Å². The average molecular weight is 604 g/mol. The minimum Gasteiger partial charge on any atom is -0.358 e. The Morgan fingerprint density at radius 2 is 1.33 bits per heavy atom. The molecule has 45 heavy (non-hydrogen) atoms. The van der Waals surface area contributed by atoms with Crippen LogP contribution in [-0.4, -0.2) is 40.1 Å². The van der Waals surface area contributed by atoms with E-state index in [4.69, 9.17) is 9.47 Å². The average Bonchev–Trinajstić information content (AvgIpc) is 3.09. The van der Waals surface area contributed by atoms with Gasteiger partial charge in [0.2, 0.25) is 0 Å². The molecule has 0 radical (unpaired) electrons. The maximum atomic E-state index is 15.2. The van der Waals surface area contributed by atoms with Gasteiger partial charge in [0.1, 0.15) is 23.8 Å². The Morgan fingerprint density at radius 1 is 0.822 bits per heavy atom. The summed E-state index contributed by atoms with van der Waals surface area (Å²) in [5.41, 5.74) is 0.925. The Bertz CT molecular complexity index is 1720.